The highest BCUT2D eigenvalue weighted by molar-refractivity contribution is 9.10. The third-order valence-electron chi connectivity index (χ3n) is 5.01. The zero-order chi connectivity index (χ0) is 19.8. The number of hydrogen-bond acceptors (Lipinski definition) is 6. The van der Waals surface area contributed by atoms with Crippen molar-refractivity contribution in [2.45, 2.75) is 13.0 Å². The van der Waals surface area contributed by atoms with E-state index in [9.17, 15) is 4.79 Å². The molecule has 0 unspecified atom stereocenters. The Kier molecular flexibility index (Phi) is 4.65. The van der Waals surface area contributed by atoms with E-state index in [1.54, 1.807) is 16.8 Å². The van der Waals surface area contributed by atoms with Gasteiger partial charge >= 0.3 is 0 Å². The van der Waals surface area contributed by atoms with E-state index in [0.29, 0.717) is 29.3 Å². The summed E-state index contributed by atoms with van der Waals surface area (Å²) in [6, 6.07) is 7.70. The number of halogens is 1. The molecule has 1 amide bonds. The Balaban J connectivity index is 1.63. The van der Waals surface area contributed by atoms with Crippen molar-refractivity contribution in [3.8, 4) is 6.07 Å². The number of nitrogens with zero attached hydrogens (tertiary/aromatic N) is 5. The first-order valence-electron chi connectivity index (χ1n) is 8.80. The quantitative estimate of drug-likeness (QED) is 0.645. The second-order valence-electron chi connectivity index (χ2n) is 6.94. The van der Waals surface area contributed by atoms with Crippen LogP contribution in [0.1, 0.15) is 22.8 Å². The first-order valence-corrected chi connectivity index (χ1v) is 9.60. The Morgan fingerprint density at radius 1 is 1.39 bits per heavy atom. The standard InChI is InChI=1S/C19H18BrN7O/c1-11-8-26(17-3-2-12(5-21)6-23-17)10-15(11)25-18-14(19(22)28)7-24-27-9-13(20)4-16(18)27/h2-4,6-7,9,11,15,25H,8,10H2,1H3,(H2,22,28)/t11-,15-/m1/s1. The minimum Gasteiger partial charge on any atom is -0.378 e. The summed E-state index contributed by atoms with van der Waals surface area (Å²) in [4.78, 5) is 18.5. The van der Waals surface area contributed by atoms with E-state index < -0.39 is 5.91 Å². The summed E-state index contributed by atoms with van der Waals surface area (Å²) in [5.41, 5.74) is 7.94. The lowest BCUT2D eigenvalue weighted by Crippen LogP contribution is -2.30. The summed E-state index contributed by atoms with van der Waals surface area (Å²) < 4.78 is 2.57. The maximum atomic E-state index is 11.9. The van der Waals surface area contributed by atoms with E-state index in [1.807, 2.05) is 18.3 Å². The minimum atomic E-state index is -0.522. The molecule has 0 aromatic carbocycles. The lowest BCUT2D eigenvalue weighted by Gasteiger charge is -2.20. The van der Waals surface area contributed by atoms with Crippen molar-refractivity contribution < 1.29 is 4.79 Å². The first-order chi connectivity index (χ1) is 13.5. The highest BCUT2D eigenvalue weighted by Crippen LogP contribution is 2.30. The second kappa shape index (κ2) is 7.13. The van der Waals surface area contributed by atoms with Crippen molar-refractivity contribution in [3.05, 3.63) is 52.4 Å². The van der Waals surface area contributed by atoms with E-state index in [1.165, 1.54) is 6.20 Å². The number of aromatic nitrogens is 3. The molecule has 3 aromatic rings. The van der Waals surface area contributed by atoms with Gasteiger partial charge in [-0.2, -0.15) is 10.4 Å². The molecule has 3 N–H and O–H groups in total. The number of amides is 1. The van der Waals surface area contributed by atoms with Crippen LogP contribution in [0.2, 0.25) is 0 Å². The van der Waals surface area contributed by atoms with Gasteiger partial charge in [0.1, 0.15) is 11.9 Å². The van der Waals surface area contributed by atoms with Gasteiger partial charge in [-0.3, -0.25) is 4.79 Å². The van der Waals surface area contributed by atoms with Gasteiger partial charge in [-0.15, -0.1) is 0 Å². The molecule has 0 aliphatic carbocycles. The number of nitrogens with one attached hydrogen (secondary N) is 1. The predicted octanol–water partition coefficient (Wildman–Crippen LogP) is 2.40. The van der Waals surface area contributed by atoms with Crippen molar-refractivity contribution in [1.82, 2.24) is 14.6 Å². The van der Waals surface area contributed by atoms with Crippen LogP contribution in [0.15, 0.2) is 41.3 Å². The van der Waals surface area contributed by atoms with E-state index in [-0.39, 0.29) is 6.04 Å². The normalized spacial score (nSPS) is 19.0. The Morgan fingerprint density at radius 2 is 2.21 bits per heavy atom. The number of carbonyl (C=O) groups excluding carboxylic acids is 1. The van der Waals surface area contributed by atoms with Gasteiger partial charge in [-0.25, -0.2) is 9.50 Å². The molecule has 4 rings (SSSR count). The lowest BCUT2D eigenvalue weighted by molar-refractivity contribution is 0.100. The average Bonchev–Trinajstić information content (AvgIpc) is 3.24. The summed E-state index contributed by atoms with van der Waals surface area (Å²) in [5.74, 6) is 0.617. The largest absolute Gasteiger partial charge is 0.378 e. The number of hydrogen-bond donors (Lipinski definition) is 2. The average molecular weight is 440 g/mol. The topological polar surface area (TPSA) is 112 Å². The zero-order valence-corrected chi connectivity index (χ0v) is 16.7. The molecular weight excluding hydrogens is 422 g/mol. The molecule has 1 aliphatic heterocycles. The third kappa shape index (κ3) is 3.27. The van der Waals surface area contributed by atoms with Gasteiger partial charge in [-0.05, 0) is 40.0 Å². The Hall–Kier alpha value is -3.12. The van der Waals surface area contributed by atoms with Crippen LogP contribution in [0, 0.1) is 17.2 Å². The van der Waals surface area contributed by atoms with Crippen molar-refractivity contribution in [3.63, 3.8) is 0 Å². The molecule has 3 aromatic heterocycles. The molecular formula is C19H18BrN7O. The van der Waals surface area contributed by atoms with Crippen LogP contribution in [0.4, 0.5) is 11.5 Å². The van der Waals surface area contributed by atoms with E-state index >= 15 is 0 Å². The molecule has 0 saturated carbocycles. The molecule has 0 spiro atoms. The van der Waals surface area contributed by atoms with E-state index in [4.69, 9.17) is 11.0 Å². The molecule has 142 valence electrons. The van der Waals surface area contributed by atoms with Crippen molar-refractivity contribution in [2.75, 3.05) is 23.3 Å². The molecule has 1 fully saturated rings. The number of nitriles is 1. The Morgan fingerprint density at radius 3 is 2.89 bits per heavy atom. The molecule has 1 aliphatic rings. The molecule has 0 radical (unpaired) electrons. The second-order valence-corrected chi connectivity index (χ2v) is 7.85. The van der Waals surface area contributed by atoms with Crippen LogP contribution in [0.3, 0.4) is 0 Å². The van der Waals surface area contributed by atoms with Crippen LogP contribution in [-0.2, 0) is 0 Å². The maximum Gasteiger partial charge on any atom is 0.252 e. The van der Waals surface area contributed by atoms with Crippen LogP contribution in [0.5, 0.6) is 0 Å². The summed E-state index contributed by atoms with van der Waals surface area (Å²) in [5, 5.41) is 16.7. The molecule has 2 atom stereocenters. The SMILES string of the molecule is C[C@@H]1CN(c2ccc(C#N)cn2)C[C@H]1Nc1c(C(N)=O)cnn2cc(Br)cc12. The summed E-state index contributed by atoms with van der Waals surface area (Å²) in [6.45, 7) is 3.68. The van der Waals surface area contributed by atoms with Crippen LogP contribution >= 0.6 is 15.9 Å². The minimum absolute atomic E-state index is 0.0930. The van der Waals surface area contributed by atoms with Gasteiger partial charge in [0, 0.05) is 36.0 Å². The smallest absolute Gasteiger partial charge is 0.252 e. The molecule has 0 bridgehead atoms. The Bertz CT molecular complexity index is 1090. The molecule has 28 heavy (non-hydrogen) atoms. The third-order valence-corrected chi connectivity index (χ3v) is 5.45. The van der Waals surface area contributed by atoms with Gasteiger partial charge in [0.05, 0.1) is 28.5 Å². The van der Waals surface area contributed by atoms with Gasteiger partial charge in [0.15, 0.2) is 0 Å². The van der Waals surface area contributed by atoms with Crippen LogP contribution in [-0.4, -0.2) is 39.6 Å². The fraction of sp³-hybridized carbons (Fsp3) is 0.263. The van der Waals surface area contributed by atoms with Crippen LogP contribution in [0.25, 0.3) is 5.52 Å². The van der Waals surface area contributed by atoms with Gasteiger partial charge < -0.3 is 16.0 Å². The number of primary amides is 1. The van der Waals surface area contributed by atoms with E-state index in [0.717, 1.165) is 22.4 Å². The highest BCUT2D eigenvalue weighted by atomic mass is 79.9. The van der Waals surface area contributed by atoms with Gasteiger partial charge in [0.25, 0.3) is 5.91 Å². The van der Waals surface area contributed by atoms with E-state index in [2.05, 4.69) is 49.2 Å². The number of nitrogens with two attached hydrogens (primary N) is 1. The maximum absolute atomic E-state index is 11.9. The molecule has 9 heteroatoms. The fourth-order valence-corrected chi connectivity index (χ4v) is 3.94. The van der Waals surface area contributed by atoms with Crippen molar-refractivity contribution in [2.24, 2.45) is 11.7 Å². The number of anilines is 2. The highest BCUT2D eigenvalue weighted by Gasteiger charge is 2.31. The number of rotatable bonds is 4. The Labute approximate surface area is 170 Å². The van der Waals surface area contributed by atoms with Gasteiger partial charge in [0.2, 0.25) is 0 Å². The molecule has 1 saturated heterocycles. The summed E-state index contributed by atoms with van der Waals surface area (Å²) in [6.07, 6.45) is 4.90. The number of carbonyl (C=O) groups is 1. The van der Waals surface area contributed by atoms with Crippen molar-refractivity contribution in [1.29, 1.82) is 5.26 Å². The summed E-state index contributed by atoms with van der Waals surface area (Å²) >= 11 is 3.45. The fourth-order valence-electron chi connectivity index (χ4n) is 3.53. The summed E-state index contributed by atoms with van der Waals surface area (Å²) in [7, 11) is 0. The lowest BCUT2D eigenvalue weighted by atomic mass is 10.1. The number of fused-ring (bicyclic) bond motifs is 1. The zero-order valence-electron chi connectivity index (χ0n) is 15.1. The van der Waals surface area contributed by atoms with Crippen molar-refractivity contribution >= 4 is 38.9 Å². The number of pyridine rings is 1. The molecule has 4 heterocycles. The van der Waals surface area contributed by atoms with Gasteiger partial charge in [-0.1, -0.05) is 6.92 Å². The first kappa shape index (κ1) is 18.3. The monoisotopic (exact) mass is 439 g/mol. The predicted molar refractivity (Wildman–Crippen MR) is 109 cm³/mol. The van der Waals surface area contributed by atoms with Crippen LogP contribution < -0.4 is 16.0 Å². The molecule has 8 nitrogen and oxygen atoms in total.